The largest absolute Gasteiger partial charge is 0.454 e. The second kappa shape index (κ2) is 9.70. The minimum atomic E-state index is -0.588. The van der Waals surface area contributed by atoms with Crippen LogP contribution in [0.3, 0.4) is 0 Å². The van der Waals surface area contributed by atoms with Gasteiger partial charge in [0.15, 0.2) is 12.4 Å². The first kappa shape index (κ1) is 22.4. The van der Waals surface area contributed by atoms with Gasteiger partial charge in [0.25, 0.3) is 0 Å². The third kappa shape index (κ3) is 5.08. The van der Waals surface area contributed by atoms with Crippen LogP contribution < -0.4 is 0 Å². The average Bonchev–Trinajstić information content (AvgIpc) is 3.24. The molecule has 0 spiro atoms. The highest BCUT2D eigenvalue weighted by molar-refractivity contribution is 6.00. The number of ketones is 1. The van der Waals surface area contributed by atoms with Crippen LogP contribution >= 0.6 is 0 Å². The van der Waals surface area contributed by atoms with E-state index in [1.165, 1.54) is 6.20 Å². The molecular weight excluding hydrogens is 396 g/mol. The number of hydrogen-bond acceptors (Lipinski definition) is 6. The highest BCUT2D eigenvalue weighted by Crippen LogP contribution is 2.17. The number of rotatable bonds is 9. The van der Waals surface area contributed by atoms with Gasteiger partial charge in [-0.3, -0.25) is 4.79 Å². The monoisotopic (exact) mass is 424 g/mol. The zero-order valence-electron chi connectivity index (χ0n) is 18.6. The molecule has 0 aliphatic heterocycles. The molecule has 0 N–H and O–H groups in total. The van der Waals surface area contributed by atoms with Crippen LogP contribution in [0.1, 0.15) is 49.9 Å². The Hall–Kier alpha value is -3.26. The Balaban J connectivity index is 1.62. The maximum absolute atomic E-state index is 12.6. The fraction of sp³-hybridized carbons (Fsp3) is 0.391. The molecule has 3 aromatic rings. The minimum Gasteiger partial charge on any atom is -0.454 e. The summed E-state index contributed by atoms with van der Waals surface area (Å²) in [7, 11) is 1.67. The van der Waals surface area contributed by atoms with Crippen LogP contribution in [0.2, 0.25) is 0 Å². The second-order valence-electron chi connectivity index (χ2n) is 7.53. The predicted molar refractivity (Wildman–Crippen MR) is 116 cm³/mol. The van der Waals surface area contributed by atoms with Gasteiger partial charge >= 0.3 is 5.97 Å². The molecule has 0 unspecified atom stereocenters. The number of aryl methyl sites for hydroxylation is 3. The van der Waals surface area contributed by atoms with Gasteiger partial charge < -0.3 is 14.0 Å². The zero-order chi connectivity index (χ0) is 22.5. The van der Waals surface area contributed by atoms with Crippen molar-refractivity contribution in [2.24, 2.45) is 0 Å². The van der Waals surface area contributed by atoms with E-state index in [0.717, 1.165) is 35.7 Å². The average molecular weight is 425 g/mol. The van der Waals surface area contributed by atoms with Crippen molar-refractivity contribution in [3.63, 3.8) is 0 Å². The van der Waals surface area contributed by atoms with Crippen molar-refractivity contribution in [3.8, 4) is 5.82 Å². The molecule has 0 amide bonds. The van der Waals surface area contributed by atoms with Gasteiger partial charge in [-0.15, -0.1) is 0 Å². The van der Waals surface area contributed by atoms with Crippen molar-refractivity contribution in [2.75, 3.05) is 20.3 Å². The van der Waals surface area contributed by atoms with Crippen molar-refractivity contribution >= 4 is 11.8 Å². The van der Waals surface area contributed by atoms with E-state index in [4.69, 9.17) is 9.47 Å². The van der Waals surface area contributed by atoms with Crippen LogP contribution in [-0.4, -0.2) is 51.4 Å². The molecular formula is C23H28N4O4. The third-order valence-corrected chi connectivity index (χ3v) is 5.15. The topological polar surface area (TPSA) is 88.2 Å². The van der Waals surface area contributed by atoms with Gasteiger partial charge in [-0.25, -0.2) is 14.5 Å². The fourth-order valence-corrected chi connectivity index (χ4v) is 3.58. The summed E-state index contributed by atoms with van der Waals surface area (Å²) in [6.45, 7) is 8.80. The van der Waals surface area contributed by atoms with Gasteiger partial charge in [-0.1, -0.05) is 0 Å². The zero-order valence-corrected chi connectivity index (χ0v) is 18.6. The van der Waals surface area contributed by atoms with Gasteiger partial charge in [-0.2, -0.15) is 5.10 Å². The number of Topliss-reactive ketones (excluding diaryl/α,β-unsaturated/α-hetero) is 1. The summed E-state index contributed by atoms with van der Waals surface area (Å²) in [5.74, 6) is -0.208. The fourth-order valence-electron chi connectivity index (χ4n) is 3.58. The molecule has 0 aliphatic carbocycles. The van der Waals surface area contributed by atoms with Crippen molar-refractivity contribution < 1.29 is 19.1 Å². The summed E-state index contributed by atoms with van der Waals surface area (Å²) in [5, 5.41) is 4.37. The Labute approximate surface area is 181 Å². The smallest absolute Gasteiger partial charge is 0.340 e. The SMILES string of the molecule is COCCCn1c(C)cc(C(=O)COC(=O)c2ccc(-n3nc(C)cc3C)nc2)c1C. The molecule has 0 atom stereocenters. The molecule has 0 fully saturated rings. The van der Waals surface area contributed by atoms with Crippen molar-refractivity contribution in [1.82, 2.24) is 19.3 Å². The number of carbonyl (C=O) groups is 2. The van der Waals surface area contributed by atoms with E-state index in [9.17, 15) is 9.59 Å². The van der Waals surface area contributed by atoms with E-state index < -0.39 is 5.97 Å². The molecule has 8 heteroatoms. The van der Waals surface area contributed by atoms with E-state index in [0.29, 0.717) is 18.0 Å². The molecule has 3 rings (SSSR count). The van der Waals surface area contributed by atoms with Gasteiger partial charge in [0.2, 0.25) is 5.78 Å². The van der Waals surface area contributed by atoms with E-state index in [-0.39, 0.29) is 18.0 Å². The first-order valence-corrected chi connectivity index (χ1v) is 10.2. The van der Waals surface area contributed by atoms with Crippen LogP contribution in [0.15, 0.2) is 30.5 Å². The third-order valence-electron chi connectivity index (χ3n) is 5.15. The Morgan fingerprint density at radius 2 is 1.84 bits per heavy atom. The van der Waals surface area contributed by atoms with Crippen LogP contribution in [0, 0.1) is 27.7 Å². The molecule has 8 nitrogen and oxygen atoms in total. The number of pyridine rings is 1. The maximum atomic E-state index is 12.6. The van der Waals surface area contributed by atoms with Crippen LogP contribution in [0.5, 0.6) is 0 Å². The highest BCUT2D eigenvalue weighted by Gasteiger charge is 2.18. The van der Waals surface area contributed by atoms with Crippen molar-refractivity contribution in [3.05, 3.63) is 64.4 Å². The number of carbonyl (C=O) groups excluding carboxylic acids is 2. The molecule has 0 aliphatic rings. The van der Waals surface area contributed by atoms with Gasteiger partial charge in [-0.05, 0) is 58.4 Å². The summed E-state index contributed by atoms with van der Waals surface area (Å²) in [6.07, 6.45) is 2.29. The number of nitrogens with zero attached hydrogens (tertiary/aromatic N) is 4. The Morgan fingerprint density at radius 3 is 2.45 bits per heavy atom. The normalized spacial score (nSPS) is 11.0. The minimum absolute atomic E-state index is 0.230. The Morgan fingerprint density at radius 1 is 1.06 bits per heavy atom. The maximum Gasteiger partial charge on any atom is 0.340 e. The molecule has 0 bridgehead atoms. The Bertz CT molecular complexity index is 1080. The van der Waals surface area contributed by atoms with Crippen molar-refractivity contribution in [1.29, 1.82) is 0 Å². The molecule has 31 heavy (non-hydrogen) atoms. The predicted octanol–water partition coefficient (Wildman–Crippen LogP) is 3.38. The lowest BCUT2D eigenvalue weighted by molar-refractivity contribution is 0.0474. The van der Waals surface area contributed by atoms with Crippen LogP contribution in [-0.2, 0) is 16.0 Å². The summed E-state index contributed by atoms with van der Waals surface area (Å²) in [4.78, 5) is 29.3. The number of methoxy groups -OCH3 is 1. The van der Waals surface area contributed by atoms with E-state index in [2.05, 4.69) is 14.6 Å². The second-order valence-corrected chi connectivity index (χ2v) is 7.53. The number of aromatic nitrogens is 4. The molecule has 0 radical (unpaired) electrons. The number of ether oxygens (including phenoxy) is 2. The van der Waals surface area contributed by atoms with Gasteiger partial charge in [0, 0.05) is 49.1 Å². The molecule has 164 valence electrons. The molecule has 0 saturated heterocycles. The lowest BCUT2D eigenvalue weighted by atomic mass is 10.1. The summed E-state index contributed by atoms with van der Waals surface area (Å²) in [6, 6.07) is 7.10. The van der Waals surface area contributed by atoms with Gasteiger partial charge in [0.05, 0.1) is 11.3 Å². The lowest BCUT2D eigenvalue weighted by Crippen LogP contribution is -2.15. The Kier molecular flexibility index (Phi) is 7.02. The van der Waals surface area contributed by atoms with Crippen LogP contribution in [0.25, 0.3) is 5.82 Å². The molecule has 3 aromatic heterocycles. The highest BCUT2D eigenvalue weighted by atomic mass is 16.5. The lowest BCUT2D eigenvalue weighted by Gasteiger charge is -2.09. The summed E-state index contributed by atoms with van der Waals surface area (Å²) in [5.41, 5.74) is 4.55. The summed E-state index contributed by atoms with van der Waals surface area (Å²) < 4.78 is 14.1. The molecule has 3 heterocycles. The van der Waals surface area contributed by atoms with Crippen molar-refractivity contribution in [2.45, 2.75) is 40.7 Å². The first-order valence-electron chi connectivity index (χ1n) is 10.2. The van der Waals surface area contributed by atoms with E-state index in [1.54, 1.807) is 23.9 Å². The molecule has 0 aromatic carbocycles. The van der Waals surface area contributed by atoms with Gasteiger partial charge in [0.1, 0.15) is 0 Å². The van der Waals surface area contributed by atoms with E-state index in [1.807, 2.05) is 39.8 Å². The number of hydrogen-bond donors (Lipinski definition) is 0. The quantitative estimate of drug-likeness (QED) is 0.297. The number of esters is 1. The molecule has 0 saturated carbocycles. The van der Waals surface area contributed by atoms with Crippen LogP contribution in [0.4, 0.5) is 0 Å². The first-order chi connectivity index (χ1) is 14.8. The standard InChI is InChI=1S/C23H28N4O4/c1-15-11-17(3)27(25-15)22-8-7-19(13-24-22)23(29)31-14-21(28)20-12-16(2)26(18(20)4)9-6-10-30-5/h7-8,11-13H,6,9-10,14H2,1-5H3. The van der Waals surface area contributed by atoms with E-state index >= 15 is 0 Å². The summed E-state index contributed by atoms with van der Waals surface area (Å²) >= 11 is 0.